The molecule has 160 valence electrons. The van der Waals surface area contributed by atoms with Crippen molar-refractivity contribution >= 4 is 32.6 Å². The van der Waals surface area contributed by atoms with Crippen LogP contribution in [0.3, 0.4) is 0 Å². The summed E-state index contributed by atoms with van der Waals surface area (Å²) >= 11 is 1.42. The van der Waals surface area contributed by atoms with Crippen LogP contribution in [0.15, 0.2) is 12.1 Å². The van der Waals surface area contributed by atoms with E-state index in [1.807, 2.05) is 30.8 Å². The molecule has 0 spiro atoms. The van der Waals surface area contributed by atoms with Gasteiger partial charge in [0.25, 0.3) is 5.91 Å². The minimum atomic E-state index is -0.175. The van der Waals surface area contributed by atoms with Gasteiger partial charge in [-0.25, -0.2) is 4.98 Å². The summed E-state index contributed by atoms with van der Waals surface area (Å²) in [5, 5.41) is 8.99. The van der Waals surface area contributed by atoms with E-state index in [0.29, 0.717) is 34.5 Å². The summed E-state index contributed by atoms with van der Waals surface area (Å²) in [6.45, 7) is 2.17. The van der Waals surface area contributed by atoms with Crippen LogP contribution in [0.5, 0.6) is 11.5 Å². The van der Waals surface area contributed by atoms with Gasteiger partial charge in [0, 0.05) is 19.5 Å². The van der Waals surface area contributed by atoms with Gasteiger partial charge in [-0.3, -0.25) is 9.69 Å². The molecule has 3 aromatic rings. The van der Waals surface area contributed by atoms with Crippen LogP contribution in [0.1, 0.15) is 29.3 Å². The number of hydrogen-bond acceptors (Lipinski definition) is 8. The predicted octanol–water partition coefficient (Wildman–Crippen LogP) is 2.45. The molecule has 0 fully saturated rings. The molecule has 0 saturated heterocycles. The van der Waals surface area contributed by atoms with E-state index >= 15 is 0 Å². The fraction of sp³-hybridized carbons (Fsp3) is 0.500. The average Bonchev–Trinajstić information content (AvgIpc) is 3.45. The Kier molecular flexibility index (Phi) is 5.87. The van der Waals surface area contributed by atoms with Gasteiger partial charge in [0.05, 0.1) is 14.2 Å². The minimum absolute atomic E-state index is 0.175. The fourth-order valence-corrected chi connectivity index (χ4v) is 4.75. The van der Waals surface area contributed by atoms with Crippen LogP contribution in [0.25, 0.3) is 10.2 Å². The van der Waals surface area contributed by atoms with Crippen molar-refractivity contribution in [2.45, 2.75) is 25.8 Å². The molecule has 0 saturated carbocycles. The van der Waals surface area contributed by atoms with Crippen molar-refractivity contribution in [3.05, 3.63) is 23.8 Å². The predicted molar refractivity (Wildman–Crippen MR) is 116 cm³/mol. The quantitative estimate of drug-likeness (QED) is 0.543. The second kappa shape index (κ2) is 8.57. The van der Waals surface area contributed by atoms with Crippen LogP contribution in [0.4, 0.5) is 5.13 Å². The summed E-state index contributed by atoms with van der Waals surface area (Å²) in [7, 11) is 7.27. The van der Waals surface area contributed by atoms with E-state index in [9.17, 15) is 4.79 Å². The first-order chi connectivity index (χ1) is 14.5. The van der Waals surface area contributed by atoms with Crippen LogP contribution in [-0.2, 0) is 13.0 Å². The largest absolute Gasteiger partial charge is 0.495 e. The molecular weight excluding hydrogens is 404 g/mol. The highest BCUT2D eigenvalue weighted by atomic mass is 32.1. The normalized spacial score (nSPS) is 13.1. The number of aryl methyl sites for hydroxylation is 1. The molecule has 0 N–H and O–H groups in total. The molecule has 1 amide bonds. The van der Waals surface area contributed by atoms with Crippen molar-refractivity contribution < 1.29 is 14.3 Å². The lowest BCUT2D eigenvalue weighted by Gasteiger charge is -2.20. The van der Waals surface area contributed by atoms with Gasteiger partial charge in [0.1, 0.15) is 27.5 Å². The summed E-state index contributed by atoms with van der Waals surface area (Å²) in [4.78, 5) is 22.1. The molecule has 0 radical (unpaired) electrons. The Balaban J connectivity index is 1.74. The molecule has 0 bridgehead atoms. The maximum atomic E-state index is 13.5. The Hall–Kier alpha value is -2.72. The molecule has 1 aliphatic rings. The van der Waals surface area contributed by atoms with Gasteiger partial charge in [-0.1, -0.05) is 11.3 Å². The number of benzene rings is 1. The summed E-state index contributed by atoms with van der Waals surface area (Å²) in [5.41, 5.74) is 0.689. The maximum absolute atomic E-state index is 13.5. The molecule has 30 heavy (non-hydrogen) atoms. The SMILES string of the molecule is COc1ccc(OC)c2sc(N(CCCN(C)C)C(=O)c3nnc4n3CCC4)nc12. The summed E-state index contributed by atoms with van der Waals surface area (Å²) in [5.74, 6) is 2.44. The molecule has 4 rings (SSSR count). The van der Waals surface area contributed by atoms with E-state index in [-0.39, 0.29) is 5.91 Å². The standard InChI is InChI=1S/C20H26N6O3S/c1-24(2)10-6-12-26(19(27)18-23-22-15-7-5-11-25(15)18)20-21-16-13(28-3)8-9-14(29-4)17(16)30-20/h8-9H,5-7,10-12H2,1-4H3. The third-order valence-corrected chi connectivity index (χ3v) is 6.26. The molecule has 1 aromatic carbocycles. The van der Waals surface area contributed by atoms with E-state index in [2.05, 4.69) is 15.1 Å². The molecular formula is C20H26N6O3S. The highest BCUT2D eigenvalue weighted by Crippen LogP contribution is 2.40. The number of carbonyl (C=O) groups is 1. The molecule has 9 nitrogen and oxygen atoms in total. The van der Waals surface area contributed by atoms with Gasteiger partial charge >= 0.3 is 0 Å². The number of fused-ring (bicyclic) bond motifs is 2. The molecule has 10 heteroatoms. The first-order valence-electron chi connectivity index (χ1n) is 9.93. The second-order valence-corrected chi connectivity index (χ2v) is 8.43. The van der Waals surface area contributed by atoms with Crippen LogP contribution < -0.4 is 14.4 Å². The molecule has 0 atom stereocenters. The van der Waals surface area contributed by atoms with Crippen molar-refractivity contribution in [3.8, 4) is 11.5 Å². The van der Waals surface area contributed by atoms with Crippen LogP contribution in [0, 0.1) is 0 Å². The van der Waals surface area contributed by atoms with Gasteiger partial charge in [-0.15, -0.1) is 10.2 Å². The Morgan fingerprint density at radius 2 is 1.93 bits per heavy atom. The third-order valence-electron chi connectivity index (χ3n) is 5.16. The zero-order valence-corrected chi connectivity index (χ0v) is 18.5. The van der Waals surface area contributed by atoms with Gasteiger partial charge < -0.3 is 18.9 Å². The van der Waals surface area contributed by atoms with Gasteiger partial charge in [-0.2, -0.15) is 0 Å². The monoisotopic (exact) mass is 430 g/mol. The number of methoxy groups -OCH3 is 2. The lowest BCUT2D eigenvalue weighted by atomic mass is 10.3. The highest BCUT2D eigenvalue weighted by Gasteiger charge is 2.29. The number of hydrogen-bond donors (Lipinski definition) is 0. The number of thiazole rings is 1. The smallest absolute Gasteiger partial charge is 0.298 e. The molecule has 0 aliphatic carbocycles. The number of nitrogens with zero attached hydrogens (tertiary/aromatic N) is 6. The van der Waals surface area contributed by atoms with E-state index in [0.717, 1.165) is 42.9 Å². The molecule has 1 aliphatic heterocycles. The van der Waals surface area contributed by atoms with E-state index in [4.69, 9.17) is 14.5 Å². The number of amides is 1. The Morgan fingerprint density at radius 1 is 1.17 bits per heavy atom. The van der Waals surface area contributed by atoms with Crippen molar-refractivity contribution in [1.82, 2.24) is 24.6 Å². The van der Waals surface area contributed by atoms with Crippen molar-refractivity contribution in [2.24, 2.45) is 0 Å². The lowest BCUT2D eigenvalue weighted by molar-refractivity contribution is 0.0971. The van der Waals surface area contributed by atoms with Crippen LogP contribution in [-0.4, -0.2) is 72.0 Å². The molecule has 2 aromatic heterocycles. The number of ether oxygens (including phenoxy) is 2. The number of aromatic nitrogens is 4. The molecule has 3 heterocycles. The summed E-state index contributed by atoms with van der Waals surface area (Å²) < 4.78 is 13.8. The maximum Gasteiger partial charge on any atom is 0.298 e. The highest BCUT2D eigenvalue weighted by molar-refractivity contribution is 7.22. The number of rotatable bonds is 8. The Morgan fingerprint density at radius 3 is 2.67 bits per heavy atom. The van der Waals surface area contributed by atoms with Crippen molar-refractivity contribution in [3.63, 3.8) is 0 Å². The topological polar surface area (TPSA) is 85.6 Å². The fourth-order valence-electron chi connectivity index (χ4n) is 3.65. The van der Waals surface area contributed by atoms with Crippen LogP contribution >= 0.6 is 11.3 Å². The van der Waals surface area contributed by atoms with Crippen molar-refractivity contribution in [2.75, 3.05) is 46.3 Å². The Bertz CT molecular complexity index is 1020. The van der Waals surface area contributed by atoms with E-state index in [1.54, 1.807) is 19.1 Å². The second-order valence-electron chi connectivity index (χ2n) is 7.45. The van der Waals surface area contributed by atoms with E-state index in [1.165, 1.54) is 11.3 Å². The Labute approximate surface area is 179 Å². The van der Waals surface area contributed by atoms with Gasteiger partial charge in [-0.05, 0) is 45.6 Å². The van der Waals surface area contributed by atoms with Crippen molar-refractivity contribution in [1.29, 1.82) is 0 Å². The number of carbonyl (C=O) groups excluding carboxylic acids is 1. The number of anilines is 1. The van der Waals surface area contributed by atoms with Crippen LogP contribution in [0.2, 0.25) is 0 Å². The zero-order chi connectivity index (χ0) is 21.3. The zero-order valence-electron chi connectivity index (χ0n) is 17.7. The first-order valence-corrected chi connectivity index (χ1v) is 10.7. The first kappa shape index (κ1) is 20.5. The summed E-state index contributed by atoms with van der Waals surface area (Å²) in [6, 6.07) is 3.68. The minimum Gasteiger partial charge on any atom is -0.495 e. The average molecular weight is 431 g/mol. The summed E-state index contributed by atoms with van der Waals surface area (Å²) in [6.07, 6.45) is 2.65. The van der Waals surface area contributed by atoms with Gasteiger partial charge in [0.15, 0.2) is 5.13 Å². The third kappa shape index (κ3) is 3.72. The molecule has 0 unspecified atom stereocenters. The lowest BCUT2D eigenvalue weighted by Crippen LogP contribution is -2.35. The van der Waals surface area contributed by atoms with Gasteiger partial charge in [0.2, 0.25) is 5.82 Å². The van der Waals surface area contributed by atoms with E-state index < -0.39 is 0 Å².